The molecule has 11 nitrogen and oxygen atoms in total. The van der Waals surface area contributed by atoms with Gasteiger partial charge in [-0.2, -0.15) is 0 Å². The maximum Gasteiger partial charge on any atom is 1.00 e. The van der Waals surface area contributed by atoms with Gasteiger partial charge in [0.2, 0.25) is 0 Å². The molecule has 0 aromatic rings. The van der Waals surface area contributed by atoms with E-state index >= 15 is 0 Å². The molecule has 0 amide bonds. The summed E-state index contributed by atoms with van der Waals surface area (Å²) in [6.07, 6.45) is -3.22. The van der Waals surface area contributed by atoms with Crippen molar-refractivity contribution < 1.29 is 131 Å². The predicted octanol–water partition coefficient (Wildman–Crippen LogP) is -10.9. The number of hydrogen-bond acceptors (Lipinski definition) is 9. The maximum atomic E-state index is 9.85. The summed E-state index contributed by atoms with van der Waals surface area (Å²) in [6.45, 7) is 2.27. The van der Waals surface area contributed by atoms with E-state index in [0.717, 1.165) is 13.8 Å². The van der Waals surface area contributed by atoms with Crippen LogP contribution in [0.25, 0.3) is 0 Å². The van der Waals surface area contributed by atoms with Crippen molar-refractivity contribution >= 4 is 23.9 Å². The predicted molar refractivity (Wildman–Crippen MR) is 61.2 cm³/mol. The zero-order valence-electron chi connectivity index (χ0n) is 13.3. The molecule has 0 heterocycles. The molecule has 3 unspecified atom stereocenters. The van der Waals surface area contributed by atoms with Crippen molar-refractivity contribution in [1.29, 1.82) is 0 Å². The van der Waals surface area contributed by atoms with E-state index in [4.69, 9.17) is 26.2 Å². The molecule has 0 aliphatic rings. The third kappa shape index (κ3) is 34.7. The Kier molecular flexibility index (Phi) is 30.8. The van der Waals surface area contributed by atoms with Gasteiger partial charge < -0.3 is 46.0 Å². The van der Waals surface area contributed by atoms with E-state index in [1.165, 1.54) is 0 Å². The summed E-state index contributed by atoms with van der Waals surface area (Å²) in [5.74, 6) is -5.37. The van der Waals surface area contributed by atoms with E-state index < -0.39 is 48.5 Å². The zero-order chi connectivity index (χ0) is 17.7. The van der Waals surface area contributed by atoms with E-state index in [-0.39, 0.29) is 80.9 Å². The molecule has 0 radical (unpaired) electrons. The van der Waals surface area contributed by atoms with Crippen molar-refractivity contribution in [3.8, 4) is 0 Å². The Morgan fingerprint density at radius 1 is 0.957 bits per heavy atom. The second-order valence-electron chi connectivity index (χ2n) is 3.53. The van der Waals surface area contributed by atoms with Gasteiger partial charge in [-0.15, -0.1) is 0 Å². The standard InChI is InChI=1S/C4H7NO4.2C3H6O3.K.Na/c5-2(4(8)9)1-3(6)7;2*1-2(4)3(5)6;;/h2H,1,5H2,(H,6,7)(H,8,9);2*2,4H,1H3,(H,5,6);;/q;;;2*+1/p-2. The summed E-state index contributed by atoms with van der Waals surface area (Å²) in [5.41, 5.74) is 4.84. The van der Waals surface area contributed by atoms with Crippen LogP contribution in [0.1, 0.15) is 20.3 Å². The first-order valence-corrected chi connectivity index (χ1v) is 5.30. The van der Waals surface area contributed by atoms with Gasteiger partial charge in [-0.3, -0.25) is 9.59 Å². The van der Waals surface area contributed by atoms with Crippen molar-refractivity contribution in [2.24, 2.45) is 5.73 Å². The molecule has 0 saturated carbocycles. The molecule has 13 heteroatoms. The van der Waals surface area contributed by atoms with E-state index in [2.05, 4.69) is 0 Å². The molecule has 0 saturated heterocycles. The largest absolute Gasteiger partial charge is 1.00 e. The van der Waals surface area contributed by atoms with Gasteiger partial charge in [-0.25, -0.2) is 0 Å². The third-order valence-electron chi connectivity index (χ3n) is 1.39. The molecule has 0 aliphatic heterocycles. The fourth-order valence-corrected chi connectivity index (χ4v) is 0.275. The van der Waals surface area contributed by atoms with Gasteiger partial charge in [-0.1, -0.05) is 0 Å². The molecule has 0 rings (SSSR count). The Balaban J connectivity index is -0.0000000696. The van der Waals surface area contributed by atoms with Crippen LogP contribution in [0.5, 0.6) is 0 Å². The van der Waals surface area contributed by atoms with E-state index in [0.29, 0.717) is 0 Å². The van der Waals surface area contributed by atoms with Crippen LogP contribution < -0.4 is 96.9 Å². The van der Waals surface area contributed by atoms with Crippen LogP contribution in [0, 0.1) is 0 Å². The summed E-state index contributed by atoms with van der Waals surface area (Å²) < 4.78 is 0. The Bertz CT molecular complexity index is 346. The van der Waals surface area contributed by atoms with Gasteiger partial charge in [0, 0.05) is 0 Å². The number of carboxylic acid groups (broad SMARTS) is 4. The SMILES string of the molecule is CC(O)C(=O)[O-].CC(O)C(=O)[O-].NC(CC(=O)O)C(=O)O.[K+].[Na+]. The summed E-state index contributed by atoms with van der Waals surface area (Å²) in [7, 11) is 0. The molecule has 6 N–H and O–H groups in total. The second kappa shape index (κ2) is 20.4. The summed E-state index contributed by atoms with van der Waals surface area (Å²) in [6, 6.07) is -1.29. The Morgan fingerprint density at radius 3 is 1.22 bits per heavy atom. The van der Waals surface area contributed by atoms with Crippen molar-refractivity contribution in [2.45, 2.75) is 38.5 Å². The van der Waals surface area contributed by atoms with Gasteiger partial charge in [-0.05, 0) is 13.8 Å². The maximum absolute atomic E-state index is 9.85. The first kappa shape index (κ1) is 34.7. The molecule has 0 bridgehead atoms. The van der Waals surface area contributed by atoms with Crippen LogP contribution in [0.15, 0.2) is 0 Å². The van der Waals surface area contributed by atoms with Crippen molar-refractivity contribution in [2.75, 3.05) is 0 Å². The van der Waals surface area contributed by atoms with Gasteiger partial charge in [0.1, 0.15) is 6.04 Å². The summed E-state index contributed by atoms with van der Waals surface area (Å²) in [4.78, 5) is 38.3. The molecule has 0 aromatic heterocycles. The average Bonchev–Trinajstić information content (AvgIpc) is 2.29. The Hall–Kier alpha value is 0.396. The molecule has 0 fully saturated rings. The number of rotatable bonds is 5. The van der Waals surface area contributed by atoms with Gasteiger partial charge >= 0.3 is 92.9 Å². The van der Waals surface area contributed by atoms with E-state index in [1.54, 1.807) is 0 Å². The summed E-state index contributed by atoms with van der Waals surface area (Å²) in [5, 5.41) is 50.6. The van der Waals surface area contributed by atoms with Crippen molar-refractivity contribution in [3.63, 3.8) is 0 Å². The number of carbonyl (C=O) groups excluding carboxylic acids is 2. The molecule has 0 aromatic carbocycles. The normalized spacial score (nSPS) is 12.0. The van der Waals surface area contributed by atoms with Crippen LogP contribution in [-0.2, 0) is 19.2 Å². The average molecular weight is 373 g/mol. The van der Waals surface area contributed by atoms with Crippen molar-refractivity contribution in [3.05, 3.63) is 0 Å². The molecule has 23 heavy (non-hydrogen) atoms. The minimum Gasteiger partial charge on any atom is -0.547 e. The molecule has 3 atom stereocenters. The fraction of sp³-hybridized carbons (Fsp3) is 0.600. The number of nitrogens with two attached hydrogens (primary N) is 1. The fourth-order valence-electron chi connectivity index (χ4n) is 0.275. The first-order valence-electron chi connectivity index (χ1n) is 5.30. The zero-order valence-corrected chi connectivity index (χ0v) is 18.4. The van der Waals surface area contributed by atoms with Gasteiger partial charge in [0.05, 0.1) is 30.6 Å². The van der Waals surface area contributed by atoms with Crippen LogP contribution in [0.4, 0.5) is 0 Å². The van der Waals surface area contributed by atoms with Gasteiger partial charge in [0.25, 0.3) is 0 Å². The monoisotopic (exact) mass is 373 g/mol. The first-order chi connectivity index (χ1) is 9.32. The third-order valence-corrected chi connectivity index (χ3v) is 1.39. The number of carboxylic acids is 4. The van der Waals surface area contributed by atoms with E-state index in [9.17, 15) is 29.4 Å². The van der Waals surface area contributed by atoms with Crippen LogP contribution in [-0.4, -0.2) is 62.6 Å². The Labute approximate surface area is 196 Å². The van der Waals surface area contributed by atoms with Crippen LogP contribution in [0.3, 0.4) is 0 Å². The number of carbonyl (C=O) groups is 4. The number of hydrogen-bond donors (Lipinski definition) is 5. The topological polar surface area (TPSA) is 221 Å². The smallest absolute Gasteiger partial charge is 0.547 e. The Morgan fingerprint density at radius 2 is 1.17 bits per heavy atom. The second-order valence-corrected chi connectivity index (χ2v) is 3.53. The number of aliphatic hydroxyl groups excluding tert-OH is 2. The number of aliphatic hydroxyl groups is 2. The molecular weight excluding hydrogens is 356 g/mol. The van der Waals surface area contributed by atoms with Crippen LogP contribution >= 0.6 is 0 Å². The molecule has 124 valence electrons. The quantitative estimate of drug-likeness (QED) is 0.284. The minimum atomic E-state index is -1.44. The summed E-state index contributed by atoms with van der Waals surface area (Å²) >= 11 is 0. The van der Waals surface area contributed by atoms with Crippen LogP contribution in [0.2, 0.25) is 0 Å². The van der Waals surface area contributed by atoms with Gasteiger partial charge in [0.15, 0.2) is 0 Å². The molecular formula is C10H17KNNaO10. The van der Waals surface area contributed by atoms with Crippen molar-refractivity contribution in [1.82, 2.24) is 0 Å². The molecule has 0 aliphatic carbocycles. The van der Waals surface area contributed by atoms with E-state index in [1.807, 2.05) is 0 Å². The molecule has 0 spiro atoms. The number of aliphatic carboxylic acids is 4. The minimum absolute atomic E-state index is 0.